The molecule has 0 spiro atoms. The van der Waals surface area contributed by atoms with E-state index in [-0.39, 0.29) is 5.82 Å². The quantitative estimate of drug-likeness (QED) is 0.696. The molecule has 0 bridgehead atoms. The van der Waals surface area contributed by atoms with E-state index in [0.717, 1.165) is 10.3 Å². The third kappa shape index (κ3) is 2.16. The van der Waals surface area contributed by atoms with Crippen LogP contribution in [0.2, 0.25) is 0 Å². The molecule has 0 aliphatic carbocycles. The van der Waals surface area contributed by atoms with Crippen molar-refractivity contribution < 1.29 is 9.62 Å². The molecule has 0 aromatic carbocycles. The Morgan fingerprint density at radius 2 is 2.47 bits per heavy atom. The Morgan fingerprint density at radius 1 is 1.60 bits per heavy atom. The number of hydrogen-bond acceptors (Lipinski definition) is 5. The molecule has 0 unspecified atom stereocenters. The van der Waals surface area contributed by atoms with Crippen LogP contribution in [0.5, 0.6) is 0 Å². The average molecular weight is 206 g/mol. The SMILES string of the molecule is Nc1cn(O)c(=NCc2ccoc2)cn1. The van der Waals surface area contributed by atoms with Gasteiger partial charge in [0, 0.05) is 5.56 Å². The molecule has 6 nitrogen and oxygen atoms in total. The van der Waals surface area contributed by atoms with Crippen molar-refractivity contribution in [3.05, 3.63) is 42.0 Å². The van der Waals surface area contributed by atoms with Crippen LogP contribution in [0.3, 0.4) is 0 Å². The van der Waals surface area contributed by atoms with E-state index in [2.05, 4.69) is 9.98 Å². The van der Waals surface area contributed by atoms with E-state index in [1.807, 2.05) is 0 Å². The fraction of sp³-hybridized carbons (Fsp3) is 0.111. The zero-order valence-corrected chi connectivity index (χ0v) is 7.87. The summed E-state index contributed by atoms with van der Waals surface area (Å²) in [5.41, 5.74) is 6.63. The summed E-state index contributed by atoms with van der Waals surface area (Å²) >= 11 is 0. The molecule has 2 heterocycles. The third-order valence-electron chi connectivity index (χ3n) is 1.82. The lowest BCUT2D eigenvalue weighted by atomic mass is 10.3. The fourth-order valence-corrected chi connectivity index (χ4v) is 1.08. The van der Waals surface area contributed by atoms with Gasteiger partial charge in [-0.05, 0) is 6.07 Å². The lowest BCUT2D eigenvalue weighted by molar-refractivity contribution is 0.171. The van der Waals surface area contributed by atoms with Crippen LogP contribution in [0.1, 0.15) is 5.56 Å². The molecule has 78 valence electrons. The van der Waals surface area contributed by atoms with Crippen molar-refractivity contribution in [1.29, 1.82) is 0 Å². The van der Waals surface area contributed by atoms with E-state index < -0.39 is 0 Å². The van der Waals surface area contributed by atoms with Gasteiger partial charge in [0.15, 0.2) is 5.49 Å². The van der Waals surface area contributed by atoms with E-state index in [0.29, 0.717) is 12.0 Å². The van der Waals surface area contributed by atoms with Crippen LogP contribution in [0, 0.1) is 0 Å². The predicted molar refractivity (Wildman–Crippen MR) is 51.8 cm³/mol. The van der Waals surface area contributed by atoms with Crippen molar-refractivity contribution in [3.63, 3.8) is 0 Å². The van der Waals surface area contributed by atoms with Crippen LogP contribution in [0.4, 0.5) is 5.82 Å². The summed E-state index contributed by atoms with van der Waals surface area (Å²) < 4.78 is 5.72. The second-order valence-corrected chi connectivity index (χ2v) is 2.96. The summed E-state index contributed by atoms with van der Waals surface area (Å²) in [7, 11) is 0. The Balaban J connectivity index is 2.26. The molecule has 3 N–H and O–H groups in total. The standard InChI is InChI=1S/C9H10N4O2/c10-8-5-13(14)9(4-11-8)12-3-7-1-2-15-6-7/h1-2,4-6,14H,3,10H2. The Morgan fingerprint density at radius 3 is 3.13 bits per heavy atom. The van der Waals surface area contributed by atoms with Crippen LogP contribution < -0.4 is 11.2 Å². The minimum atomic E-state index is 0.236. The molecule has 2 aromatic rings. The number of aromatic nitrogens is 2. The number of rotatable bonds is 2. The first kappa shape index (κ1) is 9.32. The second kappa shape index (κ2) is 3.87. The van der Waals surface area contributed by atoms with Crippen LogP contribution in [-0.2, 0) is 6.54 Å². The number of nitrogens with two attached hydrogens (primary N) is 1. The van der Waals surface area contributed by atoms with Crippen molar-refractivity contribution in [2.45, 2.75) is 6.54 Å². The Bertz CT molecular complexity index is 501. The molecule has 0 radical (unpaired) electrons. The molecule has 0 fully saturated rings. The summed E-state index contributed by atoms with van der Waals surface area (Å²) in [5.74, 6) is 0.236. The Hall–Kier alpha value is -2.24. The van der Waals surface area contributed by atoms with Gasteiger partial charge >= 0.3 is 0 Å². The average Bonchev–Trinajstić information content (AvgIpc) is 2.69. The largest absolute Gasteiger partial charge is 0.472 e. The van der Waals surface area contributed by atoms with Gasteiger partial charge in [-0.1, -0.05) is 0 Å². The summed E-state index contributed by atoms with van der Waals surface area (Å²) in [6, 6.07) is 1.80. The second-order valence-electron chi connectivity index (χ2n) is 2.96. The van der Waals surface area contributed by atoms with Crippen molar-refractivity contribution in [2.24, 2.45) is 4.99 Å². The minimum Gasteiger partial charge on any atom is -0.472 e. The van der Waals surface area contributed by atoms with Crippen molar-refractivity contribution in [3.8, 4) is 0 Å². The number of nitrogen functional groups attached to an aromatic ring is 1. The number of nitrogens with zero attached hydrogens (tertiary/aromatic N) is 3. The van der Waals surface area contributed by atoms with Gasteiger partial charge in [-0.3, -0.25) is 4.99 Å². The maximum Gasteiger partial charge on any atom is 0.182 e. The lowest BCUT2D eigenvalue weighted by Crippen LogP contribution is -2.19. The zero-order chi connectivity index (χ0) is 10.7. The van der Waals surface area contributed by atoms with Crippen molar-refractivity contribution >= 4 is 5.82 Å². The molecular formula is C9H10N4O2. The molecule has 0 atom stereocenters. The number of hydrogen-bond donors (Lipinski definition) is 2. The molecule has 6 heteroatoms. The maximum atomic E-state index is 9.40. The molecule has 0 saturated heterocycles. The molecule has 15 heavy (non-hydrogen) atoms. The Kier molecular flexibility index (Phi) is 2.40. The van der Waals surface area contributed by atoms with Crippen LogP contribution in [0.15, 0.2) is 40.4 Å². The monoisotopic (exact) mass is 206 g/mol. The van der Waals surface area contributed by atoms with Gasteiger partial charge in [0.1, 0.15) is 5.82 Å². The van der Waals surface area contributed by atoms with Crippen LogP contribution >= 0.6 is 0 Å². The van der Waals surface area contributed by atoms with E-state index in [4.69, 9.17) is 10.2 Å². The van der Waals surface area contributed by atoms with E-state index in [1.54, 1.807) is 18.6 Å². The van der Waals surface area contributed by atoms with Crippen LogP contribution in [0.25, 0.3) is 0 Å². The first-order valence-electron chi connectivity index (χ1n) is 4.31. The summed E-state index contributed by atoms with van der Waals surface area (Å²) in [4.78, 5) is 7.94. The third-order valence-corrected chi connectivity index (χ3v) is 1.82. The summed E-state index contributed by atoms with van der Waals surface area (Å²) in [6.07, 6.45) is 5.85. The highest BCUT2D eigenvalue weighted by molar-refractivity contribution is 5.21. The first-order valence-corrected chi connectivity index (χ1v) is 4.31. The molecule has 0 amide bonds. The number of furan rings is 1. The lowest BCUT2D eigenvalue weighted by Gasteiger charge is -1.98. The van der Waals surface area contributed by atoms with Gasteiger partial charge in [0.25, 0.3) is 0 Å². The summed E-state index contributed by atoms with van der Waals surface area (Å²) in [5, 5.41) is 9.40. The van der Waals surface area contributed by atoms with Crippen molar-refractivity contribution in [1.82, 2.24) is 9.71 Å². The minimum absolute atomic E-state index is 0.236. The van der Waals surface area contributed by atoms with Gasteiger partial charge in [0.2, 0.25) is 0 Å². The van der Waals surface area contributed by atoms with E-state index >= 15 is 0 Å². The van der Waals surface area contributed by atoms with E-state index in [1.165, 1.54) is 12.4 Å². The highest BCUT2D eigenvalue weighted by atomic mass is 16.5. The van der Waals surface area contributed by atoms with Gasteiger partial charge in [-0.2, -0.15) is 4.73 Å². The zero-order valence-electron chi connectivity index (χ0n) is 7.87. The molecule has 0 aliphatic heterocycles. The maximum absolute atomic E-state index is 9.40. The van der Waals surface area contributed by atoms with Gasteiger partial charge in [-0.15, -0.1) is 0 Å². The normalized spacial score (nSPS) is 11.9. The smallest absolute Gasteiger partial charge is 0.182 e. The molecule has 0 aliphatic rings. The first-order chi connectivity index (χ1) is 7.25. The van der Waals surface area contributed by atoms with Crippen LogP contribution in [-0.4, -0.2) is 14.9 Å². The predicted octanol–water partition coefficient (Wildman–Crippen LogP) is 0.396. The highest BCUT2D eigenvalue weighted by Crippen LogP contribution is 2.00. The highest BCUT2D eigenvalue weighted by Gasteiger charge is 1.94. The van der Waals surface area contributed by atoms with E-state index in [9.17, 15) is 5.21 Å². The summed E-state index contributed by atoms with van der Waals surface area (Å²) in [6.45, 7) is 0.419. The van der Waals surface area contributed by atoms with Crippen molar-refractivity contribution in [2.75, 3.05) is 5.73 Å². The van der Waals surface area contributed by atoms with Gasteiger partial charge in [0.05, 0.1) is 31.5 Å². The number of anilines is 1. The molecular weight excluding hydrogens is 196 g/mol. The fourth-order valence-electron chi connectivity index (χ4n) is 1.08. The topological polar surface area (TPSA) is 89.6 Å². The molecule has 0 saturated carbocycles. The van der Waals surface area contributed by atoms with Gasteiger partial charge in [-0.25, -0.2) is 4.98 Å². The van der Waals surface area contributed by atoms with Gasteiger partial charge < -0.3 is 15.4 Å². The molecule has 2 rings (SSSR count). The Labute approximate surface area is 85.3 Å². The molecule has 2 aromatic heterocycles.